The topological polar surface area (TPSA) is 40.8 Å². The molecule has 0 fully saturated rings. The summed E-state index contributed by atoms with van der Waals surface area (Å²) < 4.78 is 8.44. The fourth-order valence-corrected chi connectivity index (χ4v) is 3.84. The Balaban J connectivity index is 2.02. The van der Waals surface area contributed by atoms with E-state index in [0.717, 1.165) is 45.2 Å². The predicted molar refractivity (Wildman–Crippen MR) is 108 cm³/mol. The van der Waals surface area contributed by atoms with Gasteiger partial charge in [0.25, 0.3) is 0 Å². The Labute approximate surface area is 159 Å². The normalized spacial score (nSPS) is 11.4. The van der Waals surface area contributed by atoms with Crippen molar-refractivity contribution in [3.8, 4) is 17.3 Å². The Morgan fingerprint density at radius 3 is 2.63 bits per heavy atom. The van der Waals surface area contributed by atoms with Crippen LogP contribution in [0.2, 0.25) is 0 Å². The maximum absolute atomic E-state index is 9.54. The van der Waals surface area contributed by atoms with Crippen molar-refractivity contribution in [1.82, 2.24) is 0 Å². The zero-order chi connectivity index (χ0) is 19.1. The van der Waals surface area contributed by atoms with E-state index in [-0.39, 0.29) is 0 Å². The van der Waals surface area contributed by atoms with E-state index in [9.17, 15) is 5.26 Å². The molecule has 0 radical (unpaired) electrons. The number of aromatic nitrogens is 1. The molecule has 0 aliphatic heterocycles. The predicted octanol–water partition coefficient (Wildman–Crippen LogP) is 5.46. The highest BCUT2D eigenvalue weighted by Gasteiger charge is 2.19. The third-order valence-corrected chi connectivity index (χ3v) is 5.15. The lowest BCUT2D eigenvalue weighted by Gasteiger charge is -2.07. The number of fused-ring (bicyclic) bond motifs is 3. The lowest BCUT2D eigenvalue weighted by molar-refractivity contribution is -0.660. The quantitative estimate of drug-likeness (QED) is 0.458. The molecule has 0 unspecified atom stereocenters. The van der Waals surface area contributed by atoms with E-state index in [4.69, 9.17) is 4.42 Å². The number of nitrogens with zero attached hydrogens (tertiary/aromatic N) is 2. The third kappa shape index (κ3) is 2.88. The number of rotatable bonds is 3. The van der Waals surface area contributed by atoms with Crippen LogP contribution in [0.3, 0.4) is 0 Å². The average Bonchev–Trinajstić information content (AvgIpc) is 2.99. The molecule has 0 saturated heterocycles. The SMILES string of the molecule is Cc1cc2c(cc1-c1cccc[n+]1C)oc1c(CC(C)C)c(C#N)ccc12. The van der Waals surface area contributed by atoms with Gasteiger partial charge in [-0.2, -0.15) is 5.26 Å². The van der Waals surface area contributed by atoms with Gasteiger partial charge >= 0.3 is 0 Å². The number of pyridine rings is 1. The Bertz CT molecular complexity index is 1210. The molecule has 2 aromatic heterocycles. The van der Waals surface area contributed by atoms with Gasteiger partial charge < -0.3 is 4.42 Å². The molecule has 2 heterocycles. The fraction of sp³-hybridized carbons (Fsp3) is 0.250. The third-order valence-electron chi connectivity index (χ3n) is 5.15. The summed E-state index contributed by atoms with van der Waals surface area (Å²) in [5.74, 6) is 0.455. The van der Waals surface area contributed by atoms with Crippen molar-refractivity contribution in [2.24, 2.45) is 13.0 Å². The molecule has 27 heavy (non-hydrogen) atoms. The first-order chi connectivity index (χ1) is 13.0. The van der Waals surface area contributed by atoms with Crippen LogP contribution in [-0.2, 0) is 13.5 Å². The number of furan rings is 1. The monoisotopic (exact) mass is 355 g/mol. The van der Waals surface area contributed by atoms with Crippen molar-refractivity contribution in [2.75, 3.05) is 0 Å². The van der Waals surface area contributed by atoms with Crippen LogP contribution in [-0.4, -0.2) is 0 Å². The van der Waals surface area contributed by atoms with Crippen molar-refractivity contribution in [3.05, 3.63) is 65.4 Å². The van der Waals surface area contributed by atoms with Gasteiger partial charge in [0.05, 0.1) is 17.2 Å². The van der Waals surface area contributed by atoms with E-state index in [0.29, 0.717) is 11.5 Å². The van der Waals surface area contributed by atoms with E-state index < -0.39 is 0 Å². The molecule has 3 nitrogen and oxygen atoms in total. The van der Waals surface area contributed by atoms with Crippen LogP contribution >= 0.6 is 0 Å². The number of hydrogen-bond donors (Lipinski definition) is 0. The molecule has 0 bridgehead atoms. The van der Waals surface area contributed by atoms with E-state index in [1.165, 1.54) is 5.56 Å². The van der Waals surface area contributed by atoms with Gasteiger partial charge in [-0.05, 0) is 55.2 Å². The molecule has 4 aromatic rings. The van der Waals surface area contributed by atoms with Crippen molar-refractivity contribution >= 4 is 21.9 Å². The zero-order valence-corrected chi connectivity index (χ0v) is 16.2. The second kappa shape index (κ2) is 6.55. The molecule has 0 spiro atoms. The molecule has 4 rings (SSSR count). The largest absolute Gasteiger partial charge is 0.456 e. The Kier molecular flexibility index (Phi) is 4.20. The van der Waals surface area contributed by atoms with E-state index in [1.807, 2.05) is 18.2 Å². The van der Waals surface area contributed by atoms with Crippen LogP contribution in [0.15, 0.2) is 53.1 Å². The van der Waals surface area contributed by atoms with Gasteiger partial charge in [-0.3, -0.25) is 0 Å². The minimum absolute atomic E-state index is 0.455. The summed E-state index contributed by atoms with van der Waals surface area (Å²) in [4.78, 5) is 0. The van der Waals surface area contributed by atoms with Gasteiger partial charge in [0, 0.05) is 28.5 Å². The highest BCUT2D eigenvalue weighted by Crippen LogP contribution is 2.36. The number of nitriles is 1. The van der Waals surface area contributed by atoms with Gasteiger partial charge in [0.15, 0.2) is 6.20 Å². The summed E-state index contributed by atoms with van der Waals surface area (Å²) in [6.45, 7) is 6.47. The highest BCUT2D eigenvalue weighted by atomic mass is 16.3. The van der Waals surface area contributed by atoms with Crippen LogP contribution in [0.5, 0.6) is 0 Å². The van der Waals surface area contributed by atoms with Crippen molar-refractivity contribution < 1.29 is 8.98 Å². The minimum atomic E-state index is 0.455. The summed E-state index contributed by atoms with van der Waals surface area (Å²) in [5, 5.41) is 11.7. The second-order valence-electron chi connectivity index (χ2n) is 7.64. The van der Waals surface area contributed by atoms with Crippen molar-refractivity contribution in [3.63, 3.8) is 0 Å². The first-order valence-corrected chi connectivity index (χ1v) is 9.33. The summed E-state index contributed by atoms with van der Waals surface area (Å²) in [6, 6.07) is 16.8. The van der Waals surface area contributed by atoms with E-state index in [1.54, 1.807) is 0 Å². The summed E-state index contributed by atoms with van der Waals surface area (Å²) in [5.41, 5.74) is 6.98. The van der Waals surface area contributed by atoms with Gasteiger partial charge in [0.1, 0.15) is 18.2 Å². The number of aryl methyl sites for hydroxylation is 2. The van der Waals surface area contributed by atoms with Crippen LogP contribution in [0.25, 0.3) is 33.2 Å². The second-order valence-corrected chi connectivity index (χ2v) is 7.64. The average molecular weight is 355 g/mol. The molecule has 0 aliphatic carbocycles. The fourth-order valence-electron chi connectivity index (χ4n) is 3.84. The first-order valence-electron chi connectivity index (χ1n) is 9.33. The molecular formula is C24H23N2O+. The molecule has 134 valence electrons. The van der Waals surface area contributed by atoms with Crippen LogP contribution in [0.4, 0.5) is 0 Å². The maximum Gasteiger partial charge on any atom is 0.212 e. The summed E-state index contributed by atoms with van der Waals surface area (Å²) >= 11 is 0. The highest BCUT2D eigenvalue weighted by molar-refractivity contribution is 6.07. The number of hydrogen-bond acceptors (Lipinski definition) is 2. The Hall–Kier alpha value is -3.12. The molecule has 3 heteroatoms. The summed E-state index contributed by atoms with van der Waals surface area (Å²) in [6.07, 6.45) is 2.89. The molecule has 0 amide bonds. The van der Waals surface area contributed by atoms with Gasteiger partial charge in [-0.25, -0.2) is 4.57 Å². The van der Waals surface area contributed by atoms with Gasteiger partial charge in [-0.15, -0.1) is 0 Å². The molecule has 2 aromatic carbocycles. The lowest BCUT2D eigenvalue weighted by Crippen LogP contribution is -2.30. The lowest BCUT2D eigenvalue weighted by atomic mass is 9.95. The molecule has 0 aliphatic rings. The smallest absolute Gasteiger partial charge is 0.212 e. The molecule has 0 atom stereocenters. The van der Waals surface area contributed by atoms with E-state index in [2.05, 4.69) is 68.9 Å². The standard InChI is InChI=1S/C24H23N2O/c1-15(2)11-20-17(14-25)8-9-18-21-12-16(3)19(13-23(21)27-24(18)20)22-7-5-6-10-26(22)4/h5-10,12-13,15H,11H2,1-4H3/q+1. The van der Waals surface area contributed by atoms with Crippen LogP contribution in [0, 0.1) is 24.2 Å². The molecule has 0 saturated carbocycles. The van der Waals surface area contributed by atoms with Crippen LogP contribution in [0.1, 0.15) is 30.5 Å². The summed E-state index contributed by atoms with van der Waals surface area (Å²) in [7, 11) is 2.05. The Morgan fingerprint density at radius 1 is 1.11 bits per heavy atom. The molecule has 0 N–H and O–H groups in total. The molecular weight excluding hydrogens is 332 g/mol. The van der Waals surface area contributed by atoms with Gasteiger partial charge in [0.2, 0.25) is 5.69 Å². The van der Waals surface area contributed by atoms with Crippen LogP contribution < -0.4 is 4.57 Å². The van der Waals surface area contributed by atoms with E-state index >= 15 is 0 Å². The first kappa shape index (κ1) is 17.3. The number of benzene rings is 2. The zero-order valence-electron chi connectivity index (χ0n) is 16.2. The van der Waals surface area contributed by atoms with Crippen molar-refractivity contribution in [2.45, 2.75) is 27.2 Å². The minimum Gasteiger partial charge on any atom is -0.456 e. The van der Waals surface area contributed by atoms with Crippen molar-refractivity contribution in [1.29, 1.82) is 5.26 Å². The Morgan fingerprint density at radius 2 is 1.93 bits per heavy atom. The maximum atomic E-state index is 9.54. The van der Waals surface area contributed by atoms with Gasteiger partial charge in [-0.1, -0.05) is 13.8 Å².